The Hall–Kier alpha value is -3.23. The maximum Gasteiger partial charge on any atom is 0.490 e. The number of nitrogens with zero attached hydrogens (tertiary/aromatic N) is 2. The summed E-state index contributed by atoms with van der Waals surface area (Å²) in [7, 11) is 3.44. The van der Waals surface area contributed by atoms with Crippen LogP contribution in [0.1, 0.15) is 5.56 Å². The molecule has 0 unspecified atom stereocenters. The highest BCUT2D eigenvalue weighted by molar-refractivity contribution is 5.76. The smallest absolute Gasteiger partial charge is 0.490 e. The van der Waals surface area contributed by atoms with E-state index in [1.54, 1.807) is 23.3 Å². The van der Waals surface area contributed by atoms with Gasteiger partial charge < -0.3 is 9.84 Å². The number of hydrogen-bond acceptors (Lipinski definition) is 3. The Balaban J connectivity index is 0.000000321. The van der Waals surface area contributed by atoms with Crippen LogP contribution < -0.4 is 10.4 Å². The van der Waals surface area contributed by atoms with Gasteiger partial charge in [-0.15, -0.1) is 0 Å². The first-order valence-corrected chi connectivity index (χ1v) is 7.72. The zero-order valence-corrected chi connectivity index (χ0v) is 14.5. The molecule has 0 aliphatic heterocycles. The van der Waals surface area contributed by atoms with Gasteiger partial charge in [0.05, 0.1) is 24.7 Å². The van der Waals surface area contributed by atoms with Gasteiger partial charge in [-0.2, -0.15) is 13.2 Å². The summed E-state index contributed by atoms with van der Waals surface area (Å²) >= 11 is 0. The van der Waals surface area contributed by atoms with Crippen LogP contribution in [0.4, 0.5) is 13.2 Å². The lowest BCUT2D eigenvalue weighted by Gasteiger charge is -2.05. The van der Waals surface area contributed by atoms with Crippen molar-refractivity contribution in [2.75, 3.05) is 7.11 Å². The van der Waals surface area contributed by atoms with Crippen molar-refractivity contribution in [1.29, 1.82) is 0 Å². The van der Waals surface area contributed by atoms with Crippen LogP contribution in [0.5, 0.6) is 5.75 Å². The summed E-state index contributed by atoms with van der Waals surface area (Å²) in [6.07, 6.45) is -5.08. The summed E-state index contributed by atoms with van der Waals surface area (Å²) in [6.45, 7) is 0.560. The molecule has 27 heavy (non-hydrogen) atoms. The second-order valence-corrected chi connectivity index (χ2v) is 5.57. The van der Waals surface area contributed by atoms with Gasteiger partial charge in [0.15, 0.2) is 0 Å². The topological polar surface area (TPSA) is 73.5 Å². The Morgan fingerprint density at radius 2 is 1.59 bits per heavy atom. The Labute approximate surface area is 152 Å². The SMILES string of the molecule is COc1ccc(Cn2c(=O)n(C)c3ccccc32)cc1.O=C(O)C(F)(F)F. The average Bonchev–Trinajstić information content (AvgIpc) is 2.87. The molecule has 3 rings (SSSR count). The van der Waals surface area contributed by atoms with Gasteiger partial charge in [-0.3, -0.25) is 9.13 Å². The molecule has 0 bridgehead atoms. The van der Waals surface area contributed by atoms with E-state index in [1.807, 2.05) is 48.5 Å². The van der Waals surface area contributed by atoms with E-state index in [0.29, 0.717) is 6.54 Å². The third-order valence-corrected chi connectivity index (χ3v) is 3.79. The first kappa shape index (κ1) is 20.1. The molecule has 0 atom stereocenters. The summed E-state index contributed by atoms with van der Waals surface area (Å²) in [4.78, 5) is 21.2. The second kappa shape index (κ2) is 7.98. The number of fused-ring (bicyclic) bond motifs is 1. The molecular formula is C18H17F3N2O4. The molecule has 1 N–H and O–H groups in total. The number of aliphatic carboxylic acids is 1. The van der Waals surface area contributed by atoms with Gasteiger partial charge in [-0.25, -0.2) is 9.59 Å². The highest BCUT2D eigenvalue weighted by atomic mass is 19.4. The Morgan fingerprint density at radius 3 is 2.07 bits per heavy atom. The summed E-state index contributed by atoms with van der Waals surface area (Å²) in [5.41, 5.74) is 2.98. The van der Waals surface area contributed by atoms with E-state index >= 15 is 0 Å². The minimum Gasteiger partial charge on any atom is -0.497 e. The molecule has 0 fully saturated rings. The van der Waals surface area contributed by atoms with Crippen LogP contribution in [-0.2, 0) is 18.4 Å². The fourth-order valence-corrected chi connectivity index (χ4v) is 2.43. The quantitative estimate of drug-likeness (QED) is 0.756. The minimum absolute atomic E-state index is 0.00187. The molecule has 9 heteroatoms. The van der Waals surface area contributed by atoms with E-state index in [4.69, 9.17) is 14.6 Å². The maximum absolute atomic E-state index is 12.3. The van der Waals surface area contributed by atoms with Crippen LogP contribution >= 0.6 is 0 Å². The van der Waals surface area contributed by atoms with Crippen LogP contribution in [0.15, 0.2) is 53.3 Å². The summed E-state index contributed by atoms with van der Waals surface area (Å²) in [5, 5.41) is 7.12. The highest BCUT2D eigenvalue weighted by Crippen LogP contribution is 2.16. The van der Waals surface area contributed by atoms with Crippen molar-refractivity contribution in [3.63, 3.8) is 0 Å². The number of carbonyl (C=O) groups is 1. The highest BCUT2D eigenvalue weighted by Gasteiger charge is 2.38. The summed E-state index contributed by atoms with van der Waals surface area (Å²) < 4.78 is 40.3. The van der Waals surface area contributed by atoms with E-state index < -0.39 is 12.1 Å². The molecule has 0 saturated carbocycles. The van der Waals surface area contributed by atoms with Gasteiger partial charge in [-0.05, 0) is 29.8 Å². The molecule has 2 aromatic carbocycles. The molecule has 1 aromatic heterocycles. The van der Waals surface area contributed by atoms with Crippen molar-refractivity contribution in [1.82, 2.24) is 9.13 Å². The van der Waals surface area contributed by atoms with E-state index in [-0.39, 0.29) is 5.69 Å². The zero-order valence-electron chi connectivity index (χ0n) is 14.5. The van der Waals surface area contributed by atoms with E-state index in [0.717, 1.165) is 22.3 Å². The van der Waals surface area contributed by atoms with Crippen molar-refractivity contribution in [3.8, 4) is 5.75 Å². The lowest BCUT2D eigenvalue weighted by atomic mass is 10.2. The summed E-state index contributed by atoms with van der Waals surface area (Å²) in [5.74, 6) is -1.94. The average molecular weight is 382 g/mol. The van der Waals surface area contributed by atoms with Gasteiger partial charge in [-0.1, -0.05) is 24.3 Å². The van der Waals surface area contributed by atoms with Gasteiger partial charge in [0.2, 0.25) is 0 Å². The molecule has 0 aliphatic carbocycles. The third kappa shape index (κ3) is 4.69. The van der Waals surface area contributed by atoms with Crippen LogP contribution in [-0.4, -0.2) is 33.5 Å². The fraction of sp³-hybridized carbons (Fsp3) is 0.222. The van der Waals surface area contributed by atoms with Crippen molar-refractivity contribution in [2.24, 2.45) is 7.05 Å². The standard InChI is InChI=1S/C16H16N2O2.C2HF3O2/c1-17-14-5-3-4-6-15(14)18(16(17)19)11-12-7-9-13(20-2)10-8-12;3-2(4,5)1(6)7/h3-10H,11H2,1-2H3;(H,6,7). The fourth-order valence-electron chi connectivity index (χ4n) is 2.43. The number of aryl methyl sites for hydroxylation is 1. The number of halogens is 3. The summed E-state index contributed by atoms with van der Waals surface area (Å²) in [6, 6.07) is 15.6. The van der Waals surface area contributed by atoms with Gasteiger partial charge in [0, 0.05) is 7.05 Å². The molecule has 3 aromatic rings. The number of carboxylic acids is 1. The molecule has 0 radical (unpaired) electrons. The molecule has 6 nitrogen and oxygen atoms in total. The van der Waals surface area contributed by atoms with Crippen LogP contribution in [0.3, 0.4) is 0 Å². The first-order chi connectivity index (χ1) is 12.6. The van der Waals surface area contributed by atoms with E-state index in [2.05, 4.69) is 0 Å². The van der Waals surface area contributed by atoms with Crippen LogP contribution in [0.2, 0.25) is 0 Å². The number of carboxylic acid groups (broad SMARTS) is 1. The molecule has 1 heterocycles. The minimum atomic E-state index is -5.08. The van der Waals surface area contributed by atoms with E-state index in [1.165, 1.54) is 0 Å². The first-order valence-electron chi connectivity index (χ1n) is 7.72. The number of rotatable bonds is 3. The predicted octanol–water partition coefficient (Wildman–Crippen LogP) is 3.03. The van der Waals surface area contributed by atoms with Gasteiger partial charge >= 0.3 is 17.8 Å². The normalized spacial score (nSPS) is 11.0. The third-order valence-electron chi connectivity index (χ3n) is 3.79. The van der Waals surface area contributed by atoms with E-state index in [9.17, 15) is 18.0 Å². The number of alkyl halides is 3. The number of ether oxygens (including phenoxy) is 1. The van der Waals surface area contributed by atoms with Gasteiger partial charge in [0.1, 0.15) is 5.75 Å². The number of para-hydroxylation sites is 2. The Morgan fingerprint density at radius 1 is 1.07 bits per heavy atom. The number of aromatic nitrogens is 2. The van der Waals surface area contributed by atoms with Gasteiger partial charge in [0.25, 0.3) is 0 Å². The molecule has 0 saturated heterocycles. The molecule has 0 amide bonds. The molecule has 0 spiro atoms. The largest absolute Gasteiger partial charge is 0.497 e. The second-order valence-electron chi connectivity index (χ2n) is 5.57. The lowest BCUT2D eigenvalue weighted by Crippen LogP contribution is -2.22. The zero-order chi connectivity index (χ0) is 20.2. The van der Waals surface area contributed by atoms with Crippen LogP contribution in [0.25, 0.3) is 11.0 Å². The van der Waals surface area contributed by atoms with Crippen molar-refractivity contribution < 1.29 is 27.8 Å². The number of hydrogen-bond donors (Lipinski definition) is 1. The lowest BCUT2D eigenvalue weighted by molar-refractivity contribution is -0.192. The van der Waals surface area contributed by atoms with Crippen LogP contribution in [0, 0.1) is 0 Å². The molecule has 144 valence electrons. The predicted molar refractivity (Wildman–Crippen MR) is 93.0 cm³/mol. The van der Waals surface area contributed by atoms with Crippen molar-refractivity contribution >= 4 is 17.0 Å². The molecule has 0 aliphatic rings. The number of benzene rings is 2. The van der Waals surface area contributed by atoms with Crippen molar-refractivity contribution in [3.05, 3.63) is 64.6 Å². The Bertz CT molecular complexity index is 988. The number of imidazole rings is 1. The number of methoxy groups -OCH3 is 1. The molecular weight excluding hydrogens is 365 g/mol. The van der Waals surface area contributed by atoms with Crippen molar-refractivity contribution in [2.45, 2.75) is 12.7 Å². The monoisotopic (exact) mass is 382 g/mol. The maximum atomic E-state index is 12.3. The Kier molecular flexibility index (Phi) is 5.94.